The van der Waals surface area contributed by atoms with Gasteiger partial charge in [0.25, 0.3) is 0 Å². The molecule has 4 heteroatoms. The second-order valence-corrected chi connectivity index (χ2v) is 17.5. The topological polar surface area (TPSA) is 49.6 Å². The molecule has 9 aromatic rings. The third-order valence-corrected chi connectivity index (χ3v) is 13.8. The van der Waals surface area contributed by atoms with Crippen LogP contribution in [0.1, 0.15) is 52.8 Å². The molecule has 0 saturated heterocycles. The van der Waals surface area contributed by atoms with Crippen molar-refractivity contribution in [2.75, 3.05) is 0 Å². The molecule has 0 N–H and O–H groups in total. The number of aromatic nitrogens is 2. The van der Waals surface area contributed by atoms with E-state index in [1.54, 1.807) is 0 Å². The number of nitrogens with zero attached hydrogens (tertiary/aromatic N) is 3. The van der Waals surface area contributed by atoms with Crippen LogP contribution in [-0.4, -0.2) is 9.97 Å². The van der Waals surface area contributed by atoms with Crippen LogP contribution in [0.5, 0.6) is 0 Å². The Balaban J connectivity index is 1.09. The van der Waals surface area contributed by atoms with Crippen molar-refractivity contribution in [3.05, 3.63) is 239 Å². The van der Waals surface area contributed by atoms with E-state index in [-0.39, 0.29) is 5.41 Å². The van der Waals surface area contributed by atoms with E-state index in [1.807, 2.05) is 54.2 Å². The van der Waals surface area contributed by atoms with E-state index in [0.29, 0.717) is 11.4 Å². The Hall–Kier alpha value is -7.32. The molecule has 8 aromatic carbocycles. The summed E-state index contributed by atoms with van der Waals surface area (Å²) in [5, 5.41) is 9.60. The van der Waals surface area contributed by atoms with Gasteiger partial charge in [-0.3, -0.25) is 0 Å². The minimum atomic E-state index is -0.478. The predicted molar refractivity (Wildman–Crippen MR) is 248 cm³/mol. The molecule has 0 bridgehead atoms. The molecule has 0 unspecified atom stereocenters. The summed E-state index contributed by atoms with van der Waals surface area (Å²) in [6.45, 7) is 4.74. The molecule has 288 valence electrons. The van der Waals surface area contributed by atoms with Crippen molar-refractivity contribution in [3.8, 4) is 62.2 Å². The van der Waals surface area contributed by atoms with E-state index in [0.717, 1.165) is 50.3 Å². The van der Waals surface area contributed by atoms with Gasteiger partial charge in [0.05, 0.1) is 28.4 Å². The molecule has 0 atom stereocenters. The lowest BCUT2D eigenvalue weighted by atomic mass is 9.54. The number of hydrogen-bond acceptors (Lipinski definition) is 4. The van der Waals surface area contributed by atoms with E-state index in [9.17, 15) is 5.26 Å². The molecule has 1 aromatic heterocycles. The van der Waals surface area contributed by atoms with E-state index >= 15 is 0 Å². The van der Waals surface area contributed by atoms with Crippen LogP contribution in [0.2, 0.25) is 0 Å². The molecule has 0 radical (unpaired) electrons. The summed E-state index contributed by atoms with van der Waals surface area (Å²) >= 11 is 1.87. The van der Waals surface area contributed by atoms with Gasteiger partial charge >= 0.3 is 0 Å². The van der Waals surface area contributed by atoms with Gasteiger partial charge in [-0.05, 0) is 92.0 Å². The number of benzene rings is 8. The molecule has 2 aliphatic rings. The van der Waals surface area contributed by atoms with Gasteiger partial charge in [-0.25, -0.2) is 9.97 Å². The average Bonchev–Trinajstić information content (AvgIpc) is 3.33. The molecule has 1 aliphatic heterocycles. The Labute approximate surface area is 361 Å². The standard InChI is InChI=1S/C57H39N3S/c1-56(2)45-24-8-10-26-47(45)57(48-27-11-9-25-46(48)56)49-28-12-13-29-53(49)61-54-34-41(30-31-50(54)57)43-22-6-7-23-44(43)52-35-51(59-55(60-52)38-17-4-3-5-18-38)42-21-15-20-40(33-42)39-19-14-16-37(32-39)36-58/h3-35H,1-2H3. The third-order valence-electron chi connectivity index (χ3n) is 12.7. The Morgan fingerprint density at radius 2 is 0.967 bits per heavy atom. The zero-order valence-corrected chi connectivity index (χ0v) is 34.6. The van der Waals surface area contributed by atoms with E-state index < -0.39 is 5.41 Å². The second kappa shape index (κ2) is 14.4. The maximum absolute atomic E-state index is 9.60. The molecule has 11 rings (SSSR count). The summed E-state index contributed by atoms with van der Waals surface area (Å²) in [7, 11) is 0. The fraction of sp³-hybridized carbons (Fsp3) is 0.0702. The van der Waals surface area contributed by atoms with Crippen LogP contribution < -0.4 is 0 Å². The van der Waals surface area contributed by atoms with Crippen LogP contribution in [0.15, 0.2) is 210 Å². The quantitative estimate of drug-likeness (QED) is 0.174. The third kappa shape index (κ3) is 5.88. The summed E-state index contributed by atoms with van der Waals surface area (Å²) in [5.74, 6) is 0.664. The van der Waals surface area contributed by atoms with Crippen LogP contribution in [-0.2, 0) is 10.8 Å². The Morgan fingerprint density at radius 3 is 1.70 bits per heavy atom. The minimum Gasteiger partial charge on any atom is -0.228 e. The average molecular weight is 798 g/mol. The van der Waals surface area contributed by atoms with Crippen molar-refractivity contribution in [3.63, 3.8) is 0 Å². The molecule has 3 nitrogen and oxygen atoms in total. The highest BCUT2D eigenvalue weighted by Gasteiger charge is 2.52. The van der Waals surface area contributed by atoms with Gasteiger partial charge in [-0.15, -0.1) is 0 Å². The van der Waals surface area contributed by atoms with Crippen LogP contribution in [0.4, 0.5) is 0 Å². The molecule has 61 heavy (non-hydrogen) atoms. The first-order chi connectivity index (χ1) is 29.9. The second-order valence-electron chi connectivity index (χ2n) is 16.4. The highest BCUT2D eigenvalue weighted by atomic mass is 32.2. The van der Waals surface area contributed by atoms with E-state index in [2.05, 4.69) is 178 Å². The van der Waals surface area contributed by atoms with Gasteiger partial charge in [-0.1, -0.05) is 189 Å². The van der Waals surface area contributed by atoms with Crippen LogP contribution >= 0.6 is 11.8 Å². The minimum absolute atomic E-state index is 0.157. The summed E-state index contributed by atoms with van der Waals surface area (Å²) in [5.41, 5.74) is 17.0. The molecule has 0 amide bonds. The van der Waals surface area contributed by atoms with Crippen molar-refractivity contribution < 1.29 is 0 Å². The highest BCUT2D eigenvalue weighted by Crippen LogP contribution is 2.61. The smallest absolute Gasteiger partial charge is 0.160 e. The van der Waals surface area contributed by atoms with Gasteiger partial charge in [0, 0.05) is 31.9 Å². The van der Waals surface area contributed by atoms with Crippen molar-refractivity contribution in [1.82, 2.24) is 9.97 Å². The lowest BCUT2D eigenvalue weighted by Gasteiger charge is -2.50. The predicted octanol–water partition coefficient (Wildman–Crippen LogP) is 14.2. The maximum atomic E-state index is 9.60. The molecule has 0 fully saturated rings. The molecule has 0 saturated carbocycles. The summed E-state index contributed by atoms with van der Waals surface area (Å²) < 4.78 is 0. The van der Waals surface area contributed by atoms with Gasteiger partial charge in [0.2, 0.25) is 0 Å². The zero-order chi connectivity index (χ0) is 41.1. The van der Waals surface area contributed by atoms with Gasteiger partial charge < -0.3 is 0 Å². The largest absolute Gasteiger partial charge is 0.228 e. The van der Waals surface area contributed by atoms with E-state index in [1.165, 1.54) is 43.2 Å². The molecular formula is C57H39N3S. The summed E-state index contributed by atoms with van der Waals surface area (Å²) in [6.07, 6.45) is 0. The lowest BCUT2D eigenvalue weighted by molar-refractivity contribution is 0.549. The molecule has 1 spiro atoms. The van der Waals surface area contributed by atoms with Crippen LogP contribution in [0.3, 0.4) is 0 Å². The van der Waals surface area contributed by atoms with E-state index in [4.69, 9.17) is 9.97 Å². The Kier molecular flexibility index (Phi) is 8.70. The normalized spacial score (nSPS) is 13.9. The Morgan fingerprint density at radius 1 is 0.410 bits per heavy atom. The first-order valence-corrected chi connectivity index (χ1v) is 21.5. The summed E-state index contributed by atoms with van der Waals surface area (Å²) in [4.78, 5) is 13.0. The van der Waals surface area contributed by atoms with Crippen molar-refractivity contribution in [2.45, 2.75) is 34.5 Å². The molecular weight excluding hydrogens is 759 g/mol. The highest BCUT2D eigenvalue weighted by molar-refractivity contribution is 7.99. The number of nitriles is 1. The fourth-order valence-electron chi connectivity index (χ4n) is 9.83. The maximum Gasteiger partial charge on any atom is 0.160 e. The summed E-state index contributed by atoms with van der Waals surface area (Å²) in [6, 6.07) is 73.7. The fourth-order valence-corrected chi connectivity index (χ4v) is 11.1. The molecule has 2 heterocycles. The first kappa shape index (κ1) is 36.7. The number of hydrogen-bond donors (Lipinski definition) is 0. The number of fused-ring (bicyclic) bond motifs is 8. The van der Waals surface area contributed by atoms with Crippen LogP contribution in [0.25, 0.3) is 56.2 Å². The number of rotatable bonds is 5. The van der Waals surface area contributed by atoms with Crippen molar-refractivity contribution in [2.24, 2.45) is 0 Å². The van der Waals surface area contributed by atoms with Gasteiger partial charge in [0.1, 0.15) is 0 Å². The Bertz CT molecular complexity index is 3180. The SMILES string of the molecule is CC1(C)c2ccccc2C2(c3ccccc3Sc3cc(-c4ccccc4-c4cc(-c5cccc(-c6cccc(C#N)c6)c5)nc(-c5ccccc5)n4)ccc32)c2ccccc21. The zero-order valence-electron chi connectivity index (χ0n) is 33.8. The van der Waals surface area contributed by atoms with Crippen molar-refractivity contribution in [1.29, 1.82) is 5.26 Å². The lowest BCUT2D eigenvalue weighted by Crippen LogP contribution is -2.43. The van der Waals surface area contributed by atoms with Crippen LogP contribution in [0, 0.1) is 11.3 Å². The molecule has 1 aliphatic carbocycles. The van der Waals surface area contributed by atoms with Crippen molar-refractivity contribution >= 4 is 11.8 Å². The first-order valence-electron chi connectivity index (χ1n) is 20.7. The van der Waals surface area contributed by atoms with Gasteiger partial charge in [0.15, 0.2) is 5.82 Å². The van der Waals surface area contributed by atoms with Gasteiger partial charge in [-0.2, -0.15) is 5.26 Å². The monoisotopic (exact) mass is 797 g/mol.